The molecule has 37 heavy (non-hydrogen) atoms. The number of hydrogen-bond acceptors (Lipinski definition) is 6. The van der Waals surface area contributed by atoms with Crippen molar-refractivity contribution >= 4 is 17.4 Å². The van der Waals surface area contributed by atoms with E-state index in [9.17, 15) is 14.7 Å². The highest BCUT2D eigenvalue weighted by Crippen LogP contribution is 2.42. The monoisotopic (exact) mass is 503 g/mol. The van der Waals surface area contributed by atoms with Gasteiger partial charge in [0, 0.05) is 17.7 Å². The molecule has 1 unspecified atom stereocenters. The number of likely N-dealkylation sites (tertiary alicyclic amines) is 1. The zero-order valence-electron chi connectivity index (χ0n) is 22.1. The molecular weight excluding hydrogens is 470 g/mol. The Morgan fingerprint density at radius 1 is 1.05 bits per heavy atom. The molecule has 7 nitrogen and oxygen atoms in total. The third-order valence-electron chi connectivity index (χ3n) is 6.44. The van der Waals surface area contributed by atoms with Gasteiger partial charge in [-0.3, -0.25) is 9.59 Å². The van der Waals surface area contributed by atoms with Crippen LogP contribution >= 0.6 is 0 Å². The van der Waals surface area contributed by atoms with Crippen molar-refractivity contribution in [1.82, 2.24) is 4.90 Å². The number of aliphatic hydroxyl groups is 1. The number of ketones is 1. The molecule has 1 aromatic heterocycles. The predicted molar refractivity (Wildman–Crippen MR) is 141 cm³/mol. The standard InChI is InChI=1S/C30H33NO6/c1-7-36-23-15-11-20(16-22(23)30(3,4)5)27(32)25-26(24-14-8-18(2)37-24)31(29(34)28(25)33)17-19-9-12-21(35-6)13-10-19/h8-16,26,32H,7,17H2,1-6H3/b27-25-. The average molecular weight is 504 g/mol. The first kappa shape index (κ1) is 26.1. The Hall–Kier alpha value is -4.00. The summed E-state index contributed by atoms with van der Waals surface area (Å²) >= 11 is 0. The number of aliphatic hydroxyl groups excluding tert-OH is 1. The number of Topliss-reactive ketones (excluding diaryl/α,β-unsaturated/α-hetero) is 1. The van der Waals surface area contributed by atoms with Crippen LogP contribution in [0.3, 0.4) is 0 Å². The molecule has 1 fully saturated rings. The van der Waals surface area contributed by atoms with Crippen molar-refractivity contribution < 1.29 is 28.6 Å². The number of carbonyl (C=O) groups excluding carboxylic acids is 2. The van der Waals surface area contributed by atoms with Crippen molar-refractivity contribution in [1.29, 1.82) is 0 Å². The molecule has 3 aromatic rings. The fourth-order valence-electron chi connectivity index (χ4n) is 4.57. The maximum Gasteiger partial charge on any atom is 0.296 e. The highest BCUT2D eigenvalue weighted by Gasteiger charge is 2.47. The molecule has 0 spiro atoms. The van der Waals surface area contributed by atoms with E-state index >= 15 is 0 Å². The first-order valence-electron chi connectivity index (χ1n) is 12.3. The molecule has 1 aliphatic rings. The lowest BCUT2D eigenvalue weighted by molar-refractivity contribution is -0.140. The van der Waals surface area contributed by atoms with Gasteiger partial charge in [-0.1, -0.05) is 32.9 Å². The molecule has 1 saturated heterocycles. The second-order valence-electron chi connectivity index (χ2n) is 10.1. The Kier molecular flexibility index (Phi) is 7.16. The lowest BCUT2D eigenvalue weighted by atomic mass is 9.84. The Morgan fingerprint density at radius 2 is 1.76 bits per heavy atom. The molecule has 4 rings (SSSR count). The van der Waals surface area contributed by atoms with Crippen molar-refractivity contribution in [2.75, 3.05) is 13.7 Å². The number of methoxy groups -OCH3 is 1. The largest absolute Gasteiger partial charge is 0.507 e. The minimum Gasteiger partial charge on any atom is -0.507 e. The Bertz CT molecular complexity index is 1340. The lowest BCUT2D eigenvalue weighted by Gasteiger charge is -2.25. The van der Waals surface area contributed by atoms with Gasteiger partial charge >= 0.3 is 0 Å². The summed E-state index contributed by atoms with van der Waals surface area (Å²) in [7, 11) is 1.58. The topological polar surface area (TPSA) is 89.2 Å². The molecule has 1 N–H and O–H groups in total. The molecule has 1 atom stereocenters. The van der Waals surface area contributed by atoms with Gasteiger partial charge in [-0.15, -0.1) is 0 Å². The predicted octanol–water partition coefficient (Wildman–Crippen LogP) is 5.91. The third-order valence-corrected chi connectivity index (χ3v) is 6.44. The number of amides is 1. The summed E-state index contributed by atoms with van der Waals surface area (Å²) in [5.41, 5.74) is 1.85. The van der Waals surface area contributed by atoms with E-state index in [4.69, 9.17) is 13.9 Å². The Balaban J connectivity index is 1.84. The van der Waals surface area contributed by atoms with Crippen LogP contribution in [-0.4, -0.2) is 35.4 Å². The van der Waals surface area contributed by atoms with Crippen LogP contribution < -0.4 is 9.47 Å². The van der Waals surface area contributed by atoms with Crippen molar-refractivity contribution in [2.24, 2.45) is 0 Å². The highest BCUT2D eigenvalue weighted by atomic mass is 16.5. The molecule has 7 heteroatoms. The second kappa shape index (κ2) is 10.2. The molecule has 0 saturated carbocycles. The van der Waals surface area contributed by atoms with E-state index in [0.29, 0.717) is 35.2 Å². The molecule has 0 radical (unpaired) electrons. The minimum absolute atomic E-state index is 0.00289. The van der Waals surface area contributed by atoms with E-state index in [1.54, 1.807) is 50.4 Å². The number of furan rings is 1. The number of nitrogens with zero attached hydrogens (tertiary/aromatic N) is 1. The molecular formula is C30H33NO6. The van der Waals surface area contributed by atoms with Crippen molar-refractivity contribution in [3.63, 3.8) is 0 Å². The van der Waals surface area contributed by atoms with Crippen LogP contribution in [0.2, 0.25) is 0 Å². The van der Waals surface area contributed by atoms with Gasteiger partial charge in [0.2, 0.25) is 0 Å². The zero-order valence-corrected chi connectivity index (χ0v) is 22.1. The number of benzene rings is 2. The summed E-state index contributed by atoms with van der Waals surface area (Å²) in [6, 6.07) is 15.2. The van der Waals surface area contributed by atoms with E-state index in [0.717, 1.165) is 11.1 Å². The van der Waals surface area contributed by atoms with Gasteiger partial charge < -0.3 is 23.9 Å². The van der Waals surface area contributed by atoms with Crippen LogP contribution in [0, 0.1) is 6.92 Å². The Labute approximate surface area is 217 Å². The molecule has 2 aromatic carbocycles. The van der Waals surface area contributed by atoms with Gasteiger partial charge in [-0.25, -0.2) is 0 Å². The number of hydrogen-bond donors (Lipinski definition) is 1. The van der Waals surface area contributed by atoms with E-state index in [1.807, 2.05) is 45.9 Å². The summed E-state index contributed by atoms with van der Waals surface area (Å²) in [6.07, 6.45) is 0. The smallest absolute Gasteiger partial charge is 0.296 e. The fourth-order valence-corrected chi connectivity index (χ4v) is 4.57. The maximum absolute atomic E-state index is 13.4. The van der Waals surface area contributed by atoms with Gasteiger partial charge in [0.1, 0.15) is 34.8 Å². The van der Waals surface area contributed by atoms with Crippen molar-refractivity contribution in [3.05, 3.63) is 88.4 Å². The van der Waals surface area contributed by atoms with Gasteiger partial charge in [-0.05, 0) is 67.3 Å². The lowest BCUT2D eigenvalue weighted by Crippen LogP contribution is -2.29. The van der Waals surface area contributed by atoms with Crippen LogP contribution in [0.15, 0.2) is 64.6 Å². The number of rotatable bonds is 7. The van der Waals surface area contributed by atoms with Crippen molar-refractivity contribution in [3.8, 4) is 11.5 Å². The number of aryl methyl sites for hydroxylation is 1. The fraction of sp³-hybridized carbons (Fsp3) is 0.333. The van der Waals surface area contributed by atoms with Crippen LogP contribution in [0.1, 0.15) is 61.9 Å². The van der Waals surface area contributed by atoms with E-state index < -0.39 is 17.7 Å². The van der Waals surface area contributed by atoms with Crippen LogP contribution in [0.25, 0.3) is 5.76 Å². The summed E-state index contributed by atoms with van der Waals surface area (Å²) in [4.78, 5) is 28.1. The zero-order chi connectivity index (χ0) is 26.9. The summed E-state index contributed by atoms with van der Waals surface area (Å²) in [5.74, 6) is 0.756. The number of ether oxygens (including phenoxy) is 2. The third kappa shape index (κ3) is 5.12. The number of carbonyl (C=O) groups is 2. The normalized spacial score (nSPS) is 17.4. The first-order valence-corrected chi connectivity index (χ1v) is 12.3. The van der Waals surface area contributed by atoms with Crippen molar-refractivity contribution in [2.45, 2.75) is 52.6 Å². The molecule has 2 heterocycles. The summed E-state index contributed by atoms with van der Waals surface area (Å²) < 4.78 is 16.9. The van der Waals surface area contributed by atoms with Gasteiger partial charge in [0.05, 0.1) is 19.3 Å². The molecule has 0 aliphatic carbocycles. The van der Waals surface area contributed by atoms with Crippen LogP contribution in [0.5, 0.6) is 11.5 Å². The highest BCUT2D eigenvalue weighted by molar-refractivity contribution is 6.46. The molecule has 1 aliphatic heterocycles. The summed E-state index contributed by atoms with van der Waals surface area (Å²) in [6.45, 7) is 10.5. The minimum atomic E-state index is -0.875. The van der Waals surface area contributed by atoms with Gasteiger partial charge in [-0.2, -0.15) is 0 Å². The van der Waals surface area contributed by atoms with Gasteiger partial charge in [0.15, 0.2) is 0 Å². The van der Waals surface area contributed by atoms with Gasteiger partial charge in [0.25, 0.3) is 11.7 Å². The van der Waals surface area contributed by atoms with Crippen LogP contribution in [0.4, 0.5) is 0 Å². The SMILES string of the molecule is CCOc1ccc(/C(O)=C2/C(=O)C(=O)N(Cc3ccc(OC)cc3)C2c2ccc(C)o2)cc1C(C)(C)C. The molecule has 1 amide bonds. The Morgan fingerprint density at radius 3 is 2.32 bits per heavy atom. The summed E-state index contributed by atoms with van der Waals surface area (Å²) in [5, 5.41) is 11.5. The van der Waals surface area contributed by atoms with E-state index in [2.05, 4.69) is 0 Å². The van der Waals surface area contributed by atoms with E-state index in [1.165, 1.54) is 4.90 Å². The second-order valence-corrected chi connectivity index (χ2v) is 10.1. The van der Waals surface area contributed by atoms with Crippen LogP contribution in [-0.2, 0) is 21.5 Å². The first-order chi connectivity index (χ1) is 17.5. The molecule has 194 valence electrons. The van der Waals surface area contributed by atoms with E-state index in [-0.39, 0.29) is 23.3 Å². The quantitative estimate of drug-likeness (QED) is 0.245. The average Bonchev–Trinajstić information content (AvgIpc) is 3.40. The maximum atomic E-state index is 13.4. The molecule has 0 bridgehead atoms.